The molecule has 3 rings (SSSR count). The number of halogens is 2. The third-order valence-corrected chi connectivity index (χ3v) is 3.39. The minimum atomic E-state index is 0.368. The van der Waals surface area contributed by atoms with Crippen LogP contribution in [-0.2, 0) is 5.88 Å². The molecule has 3 aromatic rings. The zero-order valence-corrected chi connectivity index (χ0v) is 10.3. The van der Waals surface area contributed by atoms with Gasteiger partial charge >= 0.3 is 0 Å². The zero-order chi connectivity index (χ0) is 11.8. The fourth-order valence-electron chi connectivity index (χ4n) is 1.91. The van der Waals surface area contributed by atoms with Gasteiger partial charge in [0, 0.05) is 28.7 Å². The van der Waals surface area contributed by atoms with E-state index in [1.54, 1.807) is 12.4 Å². The summed E-state index contributed by atoms with van der Waals surface area (Å²) in [5.41, 5.74) is 1.72. The summed E-state index contributed by atoms with van der Waals surface area (Å²) in [5.74, 6) is 0.368. The number of rotatable bonds is 1. The Morgan fingerprint density at radius 3 is 2.76 bits per heavy atom. The van der Waals surface area contributed by atoms with Crippen LogP contribution in [0.1, 0.15) is 5.56 Å². The Bertz CT molecular complexity index is 710. The molecule has 2 aromatic heterocycles. The quantitative estimate of drug-likeness (QED) is 0.374. The number of aromatic nitrogens is 2. The van der Waals surface area contributed by atoms with Crippen LogP contribution in [0.25, 0.3) is 21.7 Å². The Morgan fingerprint density at radius 1 is 1.12 bits per heavy atom. The first-order valence-corrected chi connectivity index (χ1v) is 6.08. The molecule has 0 saturated carbocycles. The number of pyridine rings is 2. The number of hydrogen-bond acceptors (Lipinski definition) is 2. The average molecular weight is 263 g/mol. The second-order valence-corrected chi connectivity index (χ2v) is 4.43. The van der Waals surface area contributed by atoms with E-state index in [9.17, 15) is 0 Å². The molecule has 0 aliphatic carbocycles. The molecular weight excluding hydrogens is 255 g/mol. The highest BCUT2D eigenvalue weighted by molar-refractivity contribution is 6.31. The van der Waals surface area contributed by atoms with Crippen molar-refractivity contribution in [2.24, 2.45) is 0 Å². The van der Waals surface area contributed by atoms with Gasteiger partial charge in [-0.1, -0.05) is 23.7 Å². The summed E-state index contributed by atoms with van der Waals surface area (Å²) in [4.78, 5) is 8.54. The number of hydrogen-bond donors (Lipinski definition) is 0. The van der Waals surface area contributed by atoms with Crippen molar-refractivity contribution in [2.45, 2.75) is 5.88 Å². The van der Waals surface area contributed by atoms with Crippen LogP contribution in [0.3, 0.4) is 0 Å². The van der Waals surface area contributed by atoms with Crippen molar-refractivity contribution in [3.8, 4) is 0 Å². The molecule has 0 atom stereocenters. The Hall–Kier alpha value is -1.38. The van der Waals surface area contributed by atoms with Gasteiger partial charge < -0.3 is 0 Å². The molecule has 0 saturated heterocycles. The summed E-state index contributed by atoms with van der Waals surface area (Å²) >= 11 is 11.9. The molecule has 0 aliphatic rings. The van der Waals surface area contributed by atoms with Gasteiger partial charge in [0.1, 0.15) is 5.15 Å². The molecule has 0 fully saturated rings. The van der Waals surface area contributed by atoms with Crippen LogP contribution >= 0.6 is 23.2 Å². The topological polar surface area (TPSA) is 25.8 Å². The zero-order valence-electron chi connectivity index (χ0n) is 8.82. The molecule has 4 heteroatoms. The highest BCUT2D eigenvalue weighted by Crippen LogP contribution is 2.27. The van der Waals surface area contributed by atoms with Crippen LogP contribution < -0.4 is 0 Å². The second kappa shape index (κ2) is 4.13. The highest BCUT2D eigenvalue weighted by Gasteiger charge is 2.07. The molecule has 2 heterocycles. The summed E-state index contributed by atoms with van der Waals surface area (Å²) in [6.45, 7) is 0. The predicted octanol–water partition coefficient (Wildman–Crippen LogP) is 4.18. The average Bonchev–Trinajstić information content (AvgIpc) is 2.38. The Labute approximate surface area is 108 Å². The lowest BCUT2D eigenvalue weighted by Crippen LogP contribution is -1.89. The van der Waals surface area contributed by atoms with Crippen LogP contribution in [0.15, 0.2) is 36.7 Å². The minimum absolute atomic E-state index is 0.368. The van der Waals surface area contributed by atoms with Gasteiger partial charge in [-0.2, -0.15) is 0 Å². The smallest absolute Gasteiger partial charge is 0.134 e. The highest BCUT2D eigenvalue weighted by atomic mass is 35.5. The summed E-state index contributed by atoms with van der Waals surface area (Å²) in [7, 11) is 0. The van der Waals surface area contributed by atoms with E-state index in [-0.39, 0.29) is 0 Å². The van der Waals surface area contributed by atoms with Crippen LogP contribution in [-0.4, -0.2) is 9.97 Å². The van der Waals surface area contributed by atoms with Gasteiger partial charge in [-0.3, -0.25) is 4.98 Å². The van der Waals surface area contributed by atoms with Gasteiger partial charge in [0.25, 0.3) is 0 Å². The van der Waals surface area contributed by atoms with Gasteiger partial charge in [-0.05, 0) is 17.5 Å². The van der Waals surface area contributed by atoms with E-state index >= 15 is 0 Å². The van der Waals surface area contributed by atoms with Gasteiger partial charge in [-0.15, -0.1) is 11.6 Å². The largest absolute Gasteiger partial charge is 0.264 e. The first-order chi connectivity index (χ1) is 8.29. The van der Waals surface area contributed by atoms with Crippen molar-refractivity contribution in [1.82, 2.24) is 9.97 Å². The van der Waals surface area contributed by atoms with E-state index < -0.39 is 0 Å². The van der Waals surface area contributed by atoms with Crippen LogP contribution in [0.4, 0.5) is 0 Å². The third kappa shape index (κ3) is 1.74. The normalized spacial score (nSPS) is 11.2. The molecule has 0 radical (unpaired) electrons. The van der Waals surface area contributed by atoms with E-state index in [2.05, 4.69) is 9.97 Å². The fraction of sp³-hybridized carbons (Fsp3) is 0.0769. The summed E-state index contributed by atoms with van der Waals surface area (Å²) in [6.07, 6.45) is 3.57. The molecule has 84 valence electrons. The number of nitrogens with zero attached hydrogens (tertiary/aromatic N) is 2. The number of alkyl halides is 1. The fourth-order valence-corrected chi connectivity index (χ4v) is 2.39. The molecule has 0 amide bonds. The van der Waals surface area contributed by atoms with Crippen LogP contribution in [0, 0.1) is 0 Å². The second-order valence-electron chi connectivity index (χ2n) is 3.81. The molecule has 17 heavy (non-hydrogen) atoms. The summed E-state index contributed by atoms with van der Waals surface area (Å²) in [5, 5.41) is 3.61. The van der Waals surface area contributed by atoms with Crippen LogP contribution in [0.2, 0.25) is 5.15 Å². The molecule has 1 aromatic carbocycles. The van der Waals surface area contributed by atoms with Crippen LogP contribution in [0.5, 0.6) is 0 Å². The lowest BCUT2D eigenvalue weighted by atomic mass is 10.1. The maximum absolute atomic E-state index is 6.09. The maximum atomic E-state index is 6.09. The first-order valence-electron chi connectivity index (χ1n) is 5.17. The molecule has 0 unspecified atom stereocenters. The minimum Gasteiger partial charge on any atom is -0.264 e. The lowest BCUT2D eigenvalue weighted by Gasteiger charge is -2.05. The molecular formula is C13H8Cl2N2. The Kier molecular flexibility index (Phi) is 2.61. The van der Waals surface area contributed by atoms with Gasteiger partial charge in [-0.25, -0.2) is 4.98 Å². The van der Waals surface area contributed by atoms with Gasteiger partial charge in [0.2, 0.25) is 0 Å². The van der Waals surface area contributed by atoms with Crippen molar-refractivity contribution in [3.05, 3.63) is 47.4 Å². The van der Waals surface area contributed by atoms with E-state index in [0.29, 0.717) is 11.0 Å². The van der Waals surface area contributed by atoms with Crippen molar-refractivity contribution in [1.29, 1.82) is 0 Å². The Morgan fingerprint density at radius 2 is 1.94 bits per heavy atom. The van der Waals surface area contributed by atoms with Crippen molar-refractivity contribution < 1.29 is 0 Å². The predicted molar refractivity (Wildman–Crippen MR) is 71.6 cm³/mol. The summed E-state index contributed by atoms with van der Waals surface area (Å²) < 4.78 is 0. The van der Waals surface area contributed by atoms with E-state index in [0.717, 1.165) is 27.2 Å². The molecule has 0 bridgehead atoms. The van der Waals surface area contributed by atoms with Gasteiger partial charge in [0.05, 0.1) is 11.4 Å². The van der Waals surface area contributed by atoms with E-state index in [4.69, 9.17) is 23.2 Å². The van der Waals surface area contributed by atoms with E-state index in [1.807, 2.05) is 24.3 Å². The molecule has 2 nitrogen and oxygen atoms in total. The third-order valence-electron chi connectivity index (χ3n) is 2.77. The first kappa shape index (κ1) is 10.8. The maximum Gasteiger partial charge on any atom is 0.134 e. The van der Waals surface area contributed by atoms with Crippen molar-refractivity contribution >= 4 is 44.9 Å². The Balaban J connectivity index is 2.46. The molecule has 0 aliphatic heterocycles. The van der Waals surface area contributed by atoms with Crippen molar-refractivity contribution in [3.63, 3.8) is 0 Å². The monoisotopic (exact) mass is 262 g/mol. The van der Waals surface area contributed by atoms with E-state index in [1.165, 1.54) is 0 Å². The number of benzene rings is 1. The van der Waals surface area contributed by atoms with Crippen molar-refractivity contribution in [2.75, 3.05) is 0 Å². The number of fused-ring (bicyclic) bond motifs is 3. The lowest BCUT2D eigenvalue weighted by molar-refractivity contribution is 1.30. The van der Waals surface area contributed by atoms with Gasteiger partial charge in [0.15, 0.2) is 0 Å². The SMILES string of the molecule is ClCc1cc2ccc3ccncc3c2nc1Cl. The summed E-state index contributed by atoms with van der Waals surface area (Å²) in [6, 6.07) is 8.01. The molecule has 0 N–H and O–H groups in total. The standard InChI is InChI=1S/C13H8Cl2N2/c14-6-10-5-9-2-1-8-3-4-16-7-11(8)12(9)17-13(10)15/h1-5,7H,6H2. The molecule has 0 spiro atoms.